The van der Waals surface area contributed by atoms with Crippen molar-refractivity contribution in [1.29, 1.82) is 5.26 Å². The lowest BCUT2D eigenvalue weighted by Crippen LogP contribution is -2.14. The van der Waals surface area contributed by atoms with Crippen LogP contribution >= 0.6 is 11.3 Å². The number of alkyl halides is 3. The molecule has 0 atom stereocenters. The fourth-order valence-corrected chi connectivity index (χ4v) is 1.94. The first kappa shape index (κ1) is 11.5. The lowest BCUT2D eigenvalue weighted by Gasteiger charge is -2.06. The quantitative estimate of drug-likeness (QED) is 0.784. The lowest BCUT2D eigenvalue weighted by atomic mass is 10.3. The molecule has 2 rings (SSSR count). The first-order valence-corrected chi connectivity index (χ1v) is 5.17. The van der Waals surface area contributed by atoms with Gasteiger partial charge in [0.05, 0.1) is 5.69 Å². The molecule has 0 saturated heterocycles. The van der Waals surface area contributed by atoms with Crippen molar-refractivity contribution in [1.82, 2.24) is 20.0 Å². The van der Waals surface area contributed by atoms with Gasteiger partial charge in [-0.3, -0.25) is 0 Å². The van der Waals surface area contributed by atoms with Gasteiger partial charge in [-0.05, 0) is 6.92 Å². The Morgan fingerprint density at radius 2 is 2.18 bits per heavy atom. The molecule has 0 fully saturated rings. The normalized spacial score (nSPS) is 11.5. The first-order valence-electron chi connectivity index (χ1n) is 4.29. The van der Waals surface area contributed by atoms with Gasteiger partial charge < -0.3 is 0 Å². The second-order valence-corrected chi connectivity index (χ2v) is 3.92. The Kier molecular flexibility index (Phi) is 2.59. The number of nitrogens with zero attached hydrogens (tertiary/aromatic N) is 5. The number of halogens is 3. The summed E-state index contributed by atoms with van der Waals surface area (Å²) in [6.07, 6.45) is -4.70. The van der Waals surface area contributed by atoms with Crippen LogP contribution in [0.25, 0.3) is 5.13 Å². The zero-order valence-electron chi connectivity index (χ0n) is 8.36. The number of nitriles is 1. The summed E-state index contributed by atoms with van der Waals surface area (Å²) < 4.78 is 38.8. The molecule has 2 aromatic heterocycles. The van der Waals surface area contributed by atoms with Gasteiger partial charge in [-0.1, -0.05) is 5.21 Å². The third-order valence-electron chi connectivity index (χ3n) is 1.83. The second kappa shape index (κ2) is 3.81. The summed E-state index contributed by atoms with van der Waals surface area (Å²) in [6, 6.07) is 1.36. The van der Waals surface area contributed by atoms with E-state index in [0.717, 1.165) is 11.3 Å². The number of hydrogen-bond donors (Lipinski definition) is 0. The molecule has 0 N–H and O–H groups in total. The van der Waals surface area contributed by atoms with Crippen LogP contribution in [0.2, 0.25) is 0 Å². The maximum absolute atomic E-state index is 12.7. The smallest absolute Gasteiger partial charge is 0.224 e. The van der Waals surface area contributed by atoms with Crippen LogP contribution in [0.4, 0.5) is 13.2 Å². The minimum atomic E-state index is -4.70. The minimum absolute atomic E-state index is 0.0313. The highest BCUT2D eigenvalue weighted by Gasteiger charge is 2.40. The molecule has 2 aromatic rings. The Morgan fingerprint density at radius 1 is 1.47 bits per heavy atom. The topological polar surface area (TPSA) is 67.4 Å². The second-order valence-electron chi connectivity index (χ2n) is 3.08. The van der Waals surface area contributed by atoms with Gasteiger partial charge in [-0.25, -0.2) is 4.98 Å². The van der Waals surface area contributed by atoms with Crippen molar-refractivity contribution in [3.63, 3.8) is 0 Å². The number of rotatable bonds is 1. The van der Waals surface area contributed by atoms with E-state index < -0.39 is 17.6 Å². The van der Waals surface area contributed by atoms with Crippen LogP contribution in [-0.4, -0.2) is 20.0 Å². The van der Waals surface area contributed by atoms with Crippen molar-refractivity contribution >= 4 is 11.3 Å². The number of aryl methyl sites for hydroxylation is 1. The molecule has 0 amide bonds. The van der Waals surface area contributed by atoms with Crippen molar-refractivity contribution in [3.05, 3.63) is 22.5 Å². The van der Waals surface area contributed by atoms with Gasteiger partial charge in [0.2, 0.25) is 5.13 Å². The van der Waals surface area contributed by atoms with Gasteiger partial charge in [-0.15, -0.1) is 16.4 Å². The highest BCUT2D eigenvalue weighted by molar-refractivity contribution is 7.12. The zero-order chi connectivity index (χ0) is 12.6. The van der Waals surface area contributed by atoms with Gasteiger partial charge in [0.15, 0.2) is 11.4 Å². The van der Waals surface area contributed by atoms with E-state index in [4.69, 9.17) is 5.26 Å². The van der Waals surface area contributed by atoms with E-state index in [2.05, 4.69) is 15.3 Å². The third kappa shape index (κ3) is 1.99. The van der Waals surface area contributed by atoms with Crippen LogP contribution < -0.4 is 0 Å². The standard InChI is InChI=1S/C8H4F3N5S/c1-4-3-17-7(13-4)16-6(8(9,10)11)5(2-12)14-15-16/h3H,1H3. The summed E-state index contributed by atoms with van der Waals surface area (Å²) in [7, 11) is 0. The van der Waals surface area contributed by atoms with Crippen LogP contribution in [0.5, 0.6) is 0 Å². The molecule has 88 valence electrons. The lowest BCUT2D eigenvalue weighted by molar-refractivity contribution is -0.143. The molecule has 0 radical (unpaired) electrons. The average molecular weight is 259 g/mol. The molecule has 0 aliphatic rings. The number of hydrogen-bond acceptors (Lipinski definition) is 5. The van der Waals surface area contributed by atoms with E-state index >= 15 is 0 Å². The summed E-state index contributed by atoms with van der Waals surface area (Å²) in [5.74, 6) is 0. The molecular weight excluding hydrogens is 255 g/mol. The van der Waals surface area contributed by atoms with Crippen molar-refractivity contribution in [3.8, 4) is 11.2 Å². The SMILES string of the molecule is Cc1csc(-n2nnc(C#N)c2C(F)(F)F)n1. The predicted molar refractivity (Wildman–Crippen MR) is 51.5 cm³/mol. The van der Waals surface area contributed by atoms with Crippen molar-refractivity contribution in [2.75, 3.05) is 0 Å². The fraction of sp³-hybridized carbons (Fsp3) is 0.250. The molecule has 0 spiro atoms. The molecule has 5 nitrogen and oxygen atoms in total. The first-order chi connectivity index (χ1) is 7.93. The molecule has 2 heterocycles. The zero-order valence-corrected chi connectivity index (χ0v) is 9.17. The van der Waals surface area contributed by atoms with Crippen molar-refractivity contribution in [2.24, 2.45) is 0 Å². The van der Waals surface area contributed by atoms with Crippen LogP contribution in [0, 0.1) is 18.3 Å². The molecule has 0 unspecified atom stereocenters. The molecule has 0 aromatic carbocycles. The fourth-order valence-electron chi connectivity index (χ4n) is 1.18. The van der Waals surface area contributed by atoms with Crippen LogP contribution in [0.3, 0.4) is 0 Å². The highest BCUT2D eigenvalue weighted by Crippen LogP contribution is 2.32. The molecule has 0 aliphatic carbocycles. The van der Waals surface area contributed by atoms with Crippen molar-refractivity contribution < 1.29 is 13.2 Å². The Labute approximate surface area is 97.1 Å². The van der Waals surface area contributed by atoms with Crippen LogP contribution in [-0.2, 0) is 6.18 Å². The Hall–Kier alpha value is -1.95. The largest absolute Gasteiger partial charge is 0.436 e. The average Bonchev–Trinajstić information content (AvgIpc) is 2.81. The van der Waals surface area contributed by atoms with Gasteiger partial charge in [0, 0.05) is 5.38 Å². The highest BCUT2D eigenvalue weighted by atomic mass is 32.1. The minimum Gasteiger partial charge on any atom is -0.224 e. The molecular formula is C8H4F3N5S. The molecule has 0 bridgehead atoms. The van der Waals surface area contributed by atoms with Gasteiger partial charge >= 0.3 is 6.18 Å². The van der Waals surface area contributed by atoms with E-state index in [1.165, 1.54) is 6.07 Å². The van der Waals surface area contributed by atoms with Crippen LogP contribution in [0.15, 0.2) is 5.38 Å². The summed E-state index contributed by atoms with van der Waals surface area (Å²) in [5, 5.41) is 16.7. The molecule has 9 heteroatoms. The Morgan fingerprint density at radius 3 is 2.65 bits per heavy atom. The number of thiazole rings is 1. The number of aromatic nitrogens is 4. The molecule has 0 saturated carbocycles. The maximum atomic E-state index is 12.7. The van der Waals surface area contributed by atoms with Gasteiger partial charge in [-0.2, -0.15) is 23.1 Å². The van der Waals surface area contributed by atoms with E-state index in [1.807, 2.05) is 0 Å². The Bertz CT molecular complexity index is 591. The van der Waals surface area contributed by atoms with Crippen LogP contribution in [0.1, 0.15) is 17.1 Å². The summed E-state index contributed by atoms with van der Waals surface area (Å²) >= 11 is 0.997. The van der Waals surface area contributed by atoms with E-state index in [1.54, 1.807) is 12.3 Å². The summed E-state index contributed by atoms with van der Waals surface area (Å²) in [4.78, 5) is 3.87. The molecule has 0 aliphatic heterocycles. The summed E-state index contributed by atoms with van der Waals surface area (Å²) in [5.41, 5.74) is -1.38. The molecule has 17 heavy (non-hydrogen) atoms. The predicted octanol–water partition coefficient (Wildman–Crippen LogP) is 1.92. The Balaban J connectivity index is 2.64. The van der Waals surface area contributed by atoms with E-state index in [9.17, 15) is 13.2 Å². The van der Waals surface area contributed by atoms with E-state index in [0.29, 0.717) is 10.4 Å². The van der Waals surface area contributed by atoms with Gasteiger partial charge in [0.25, 0.3) is 0 Å². The van der Waals surface area contributed by atoms with Crippen molar-refractivity contribution in [2.45, 2.75) is 13.1 Å². The monoisotopic (exact) mass is 259 g/mol. The van der Waals surface area contributed by atoms with E-state index in [-0.39, 0.29) is 5.13 Å². The summed E-state index contributed by atoms with van der Waals surface area (Å²) in [6.45, 7) is 1.65. The third-order valence-corrected chi connectivity index (χ3v) is 2.77. The maximum Gasteiger partial charge on any atom is 0.436 e. The van der Waals surface area contributed by atoms with Gasteiger partial charge in [0.1, 0.15) is 6.07 Å².